The number of amides is 2. The fourth-order valence-corrected chi connectivity index (χ4v) is 4.28. The Morgan fingerprint density at radius 1 is 1.19 bits per heavy atom. The van der Waals surface area contributed by atoms with E-state index in [1.807, 2.05) is 4.90 Å². The van der Waals surface area contributed by atoms with Crippen molar-refractivity contribution >= 4 is 17.5 Å². The molecule has 1 atom stereocenters. The van der Waals surface area contributed by atoms with Crippen LogP contribution in [0, 0.1) is 5.92 Å². The van der Waals surface area contributed by atoms with E-state index in [0.717, 1.165) is 24.9 Å². The Morgan fingerprint density at radius 3 is 2.56 bits per heavy atom. The number of anilines is 1. The van der Waals surface area contributed by atoms with Gasteiger partial charge in [-0.1, -0.05) is 43.7 Å². The van der Waals surface area contributed by atoms with E-state index >= 15 is 0 Å². The lowest BCUT2D eigenvalue weighted by atomic mass is 9.97. The summed E-state index contributed by atoms with van der Waals surface area (Å²) in [6.45, 7) is 5.41. The van der Waals surface area contributed by atoms with Gasteiger partial charge in [-0.2, -0.15) is 0 Å². The molecule has 4 nitrogen and oxygen atoms in total. The molecule has 4 heteroatoms. The molecule has 146 valence electrons. The number of aryl methyl sites for hydroxylation is 2. The van der Waals surface area contributed by atoms with Crippen molar-refractivity contribution in [2.75, 3.05) is 18.0 Å². The molecule has 0 saturated carbocycles. The summed E-state index contributed by atoms with van der Waals surface area (Å²) in [5, 5.41) is 3.06. The lowest BCUT2D eigenvalue weighted by molar-refractivity contribution is -0.126. The molecule has 27 heavy (non-hydrogen) atoms. The predicted molar refractivity (Wildman–Crippen MR) is 110 cm³/mol. The molecule has 1 aromatic rings. The van der Waals surface area contributed by atoms with Gasteiger partial charge in [-0.25, -0.2) is 0 Å². The van der Waals surface area contributed by atoms with Gasteiger partial charge in [0.1, 0.15) is 0 Å². The zero-order valence-electron chi connectivity index (χ0n) is 16.7. The van der Waals surface area contributed by atoms with Crippen molar-refractivity contribution in [3.8, 4) is 0 Å². The van der Waals surface area contributed by atoms with Gasteiger partial charge in [0, 0.05) is 25.2 Å². The predicted octanol–water partition coefficient (Wildman–Crippen LogP) is 4.17. The summed E-state index contributed by atoms with van der Waals surface area (Å²) >= 11 is 0. The number of hydrogen-bond acceptors (Lipinski definition) is 2. The minimum absolute atomic E-state index is 0.0225. The molecule has 1 aromatic carbocycles. The van der Waals surface area contributed by atoms with Gasteiger partial charge in [0.2, 0.25) is 11.8 Å². The van der Waals surface area contributed by atoms with Crippen molar-refractivity contribution in [1.82, 2.24) is 5.32 Å². The number of nitrogens with zero attached hydrogens (tertiary/aromatic N) is 1. The molecule has 1 aliphatic heterocycles. The quantitative estimate of drug-likeness (QED) is 0.734. The van der Waals surface area contributed by atoms with Crippen LogP contribution < -0.4 is 10.2 Å². The Kier molecular flexibility index (Phi) is 6.70. The molecule has 0 spiro atoms. The molecular formula is C23H32N2O2. The SMILES string of the molecule is CCc1cccc(CC)c1N1CC(C(=O)NCCC2=CCCCC2)CC1=O. The monoisotopic (exact) mass is 368 g/mol. The van der Waals surface area contributed by atoms with Crippen LogP contribution in [0.15, 0.2) is 29.8 Å². The second kappa shape index (κ2) is 9.20. The molecule has 1 N–H and O–H groups in total. The van der Waals surface area contributed by atoms with Crippen molar-refractivity contribution in [2.24, 2.45) is 5.92 Å². The lowest BCUT2D eigenvalue weighted by Gasteiger charge is -2.23. The van der Waals surface area contributed by atoms with Crippen LogP contribution in [0.25, 0.3) is 0 Å². The fraction of sp³-hybridized carbons (Fsp3) is 0.565. The Morgan fingerprint density at radius 2 is 1.93 bits per heavy atom. The highest BCUT2D eigenvalue weighted by Gasteiger charge is 2.36. The van der Waals surface area contributed by atoms with Crippen LogP contribution in [0.2, 0.25) is 0 Å². The molecule has 1 unspecified atom stereocenters. The number of hydrogen-bond donors (Lipinski definition) is 1. The van der Waals surface area contributed by atoms with E-state index in [1.165, 1.54) is 42.4 Å². The third kappa shape index (κ3) is 4.60. The maximum Gasteiger partial charge on any atom is 0.227 e. The van der Waals surface area contributed by atoms with Crippen molar-refractivity contribution in [3.05, 3.63) is 41.0 Å². The van der Waals surface area contributed by atoms with Crippen LogP contribution >= 0.6 is 0 Å². The van der Waals surface area contributed by atoms with E-state index in [1.54, 1.807) is 0 Å². The summed E-state index contributed by atoms with van der Waals surface area (Å²) in [7, 11) is 0. The smallest absolute Gasteiger partial charge is 0.227 e. The number of rotatable bonds is 7. The minimum Gasteiger partial charge on any atom is -0.355 e. The van der Waals surface area contributed by atoms with Gasteiger partial charge in [-0.15, -0.1) is 0 Å². The molecule has 1 heterocycles. The fourth-order valence-electron chi connectivity index (χ4n) is 4.28. The summed E-state index contributed by atoms with van der Waals surface area (Å²) in [5.41, 5.74) is 4.88. The minimum atomic E-state index is -0.243. The lowest BCUT2D eigenvalue weighted by Crippen LogP contribution is -2.34. The standard InChI is InChI=1S/C23H32N2O2/c1-3-18-11-8-12-19(4-2)22(18)25-16-20(15-21(25)26)23(27)24-14-13-17-9-6-5-7-10-17/h8-9,11-12,20H,3-7,10,13-16H2,1-2H3,(H,24,27). The number of carbonyl (C=O) groups excluding carboxylic acids is 2. The highest BCUT2D eigenvalue weighted by atomic mass is 16.2. The van der Waals surface area contributed by atoms with Crippen molar-refractivity contribution in [3.63, 3.8) is 0 Å². The summed E-state index contributed by atoms with van der Waals surface area (Å²) in [6.07, 6.45) is 10.2. The third-order valence-corrected chi connectivity index (χ3v) is 5.86. The molecule has 1 aliphatic carbocycles. The molecule has 0 radical (unpaired) electrons. The molecule has 1 saturated heterocycles. The molecular weight excluding hydrogens is 336 g/mol. The topological polar surface area (TPSA) is 49.4 Å². The summed E-state index contributed by atoms with van der Waals surface area (Å²) < 4.78 is 0. The zero-order chi connectivity index (χ0) is 19.2. The van der Waals surface area contributed by atoms with Gasteiger partial charge in [0.25, 0.3) is 0 Å². The Bertz CT molecular complexity index is 701. The first-order valence-corrected chi connectivity index (χ1v) is 10.5. The zero-order valence-corrected chi connectivity index (χ0v) is 16.7. The first kappa shape index (κ1) is 19.7. The van der Waals surface area contributed by atoms with Gasteiger partial charge < -0.3 is 10.2 Å². The number of benzene rings is 1. The van der Waals surface area contributed by atoms with E-state index in [9.17, 15) is 9.59 Å². The molecule has 0 aromatic heterocycles. The molecule has 3 rings (SSSR count). The van der Waals surface area contributed by atoms with Gasteiger partial charge in [0.15, 0.2) is 0 Å². The molecule has 2 amide bonds. The number of allylic oxidation sites excluding steroid dienone is 1. The van der Waals surface area contributed by atoms with Gasteiger partial charge >= 0.3 is 0 Å². The summed E-state index contributed by atoms with van der Waals surface area (Å²) in [5.74, 6) is -0.150. The molecule has 0 bridgehead atoms. The Balaban J connectivity index is 1.62. The second-order valence-electron chi connectivity index (χ2n) is 7.69. The number of carbonyl (C=O) groups is 2. The third-order valence-electron chi connectivity index (χ3n) is 5.86. The van der Waals surface area contributed by atoms with Gasteiger partial charge in [0.05, 0.1) is 5.92 Å². The highest BCUT2D eigenvalue weighted by Crippen LogP contribution is 2.32. The normalized spacial score (nSPS) is 19.9. The Labute approximate surface area is 163 Å². The Hall–Kier alpha value is -2.10. The summed E-state index contributed by atoms with van der Waals surface area (Å²) in [4.78, 5) is 27.1. The van der Waals surface area contributed by atoms with E-state index < -0.39 is 0 Å². The average molecular weight is 369 g/mol. The molecule has 1 fully saturated rings. The van der Waals surface area contributed by atoms with Crippen molar-refractivity contribution in [2.45, 2.75) is 65.2 Å². The molecule has 2 aliphatic rings. The van der Waals surface area contributed by atoms with Crippen LogP contribution in [-0.2, 0) is 22.4 Å². The first-order valence-electron chi connectivity index (χ1n) is 10.5. The van der Waals surface area contributed by atoms with E-state index in [-0.39, 0.29) is 17.7 Å². The maximum atomic E-state index is 12.7. The summed E-state index contributed by atoms with van der Waals surface area (Å²) in [6, 6.07) is 6.24. The van der Waals surface area contributed by atoms with Gasteiger partial charge in [-0.05, 0) is 56.1 Å². The average Bonchev–Trinajstić information content (AvgIpc) is 3.09. The van der Waals surface area contributed by atoms with Crippen LogP contribution in [0.3, 0.4) is 0 Å². The van der Waals surface area contributed by atoms with Crippen LogP contribution in [0.5, 0.6) is 0 Å². The highest BCUT2D eigenvalue weighted by molar-refractivity contribution is 6.01. The maximum absolute atomic E-state index is 12.7. The number of para-hydroxylation sites is 1. The van der Waals surface area contributed by atoms with Crippen LogP contribution in [0.4, 0.5) is 5.69 Å². The largest absolute Gasteiger partial charge is 0.355 e. The van der Waals surface area contributed by atoms with Gasteiger partial charge in [-0.3, -0.25) is 9.59 Å². The number of nitrogens with one attached hydrogen (secondary N) is 1. The van der Waals surface area contributed by atoms with Crippen LogP contribution in [0.1, 0.15) is 63.5 Å². The second-order valence-corrected chi connectivity index (χ2v) is 7.69. The van der Waals surface area contributed by atoms with E-state index in [4.69, 9.17) is 0 Å². The van der Waals surface area contributed by atoms with Crippen molar-refractivity contribution < 1.29 is 9.59 Å². The van der Waals surface area contributed by atoms with Crippen molar-refractivity contribution in [1.29, 1.82) is 0 Å². The van der Waals surface area contributed by atoms with E-state index in [2.05, 4.69) is 43.4 Å². The van der Waals surface area contributed by atoms with Crippen LogP contribution in [-0.4, -0.2) is 24.9 Å². The first-order chi connectivity index (χ1) is 13.1. The van der Waals surface area contributed by atoms with E-state index in [0.29, 0.717) is 19.5 Å².